The number of carbonyl (C=O) groups excluding carboxylic acids is 2. The van der Waals surface area contributed by atoms with Crippen molar-refractivity contribution >= 4 is 17.6 Å². The first-order chi connectivity index (χ1) is 18.3. The summed E-state index contributed by atoms with van der Waals surface area (Å²) in [4.78, 5) is 34.3. The Hall–Kier alpha value is -4.11. The number of nitrogens with zero attached hydrogens (tertiary/aromatic N) is 3. The van der Waals surface area contributed by atoms with E-state index in [1.165, 1.54) is 0 Å². The number of benzene rings is 2. The molecule has 0 saturated carbocycles. The summed E-state index contributed by atoms with van der Waals surface area (Å²) in [6.07, 6.45) is 1.24. The van der Waals surface area contributed by atoms with Gasteiger partial charge in [0.1, 0.15) is 17.4 Å². The van der Waals surface area contributed by atoms with E-state index in [9.17, 15) is 14.7 Å². The number of hydrogen-bond donors (Lipinski definition) is 2. The first-order valence-corrected chi connectivity index (χ1v) is 12.6. The monoisotopic (exact) mass is 518 g/mol. The lowest BCUT2D eigenvalue weighted by atomic mass is 9.99. The Morgan fingerprint density at radius 2 is 1.92 bits per heavy atom. The van der Waals surface area contributed by atoms with E-state index in [1.54, 1.807) is 60.5 Å². The Bertz CT molecular complexity index is 1250. The van der Waals surface area contributed by atoms with E-state index in [2.05, 4.69) is 10.3 Å². The van der Waals surface area contributed by atoms with Crippen LogP contribution < -0.4 is 14.8 Å². The molecule has 4 rings (SSSR count). The van der Waals surface area contributed by atoms with Crippen LogP contribution in [0.3, 0.4) is 0 Å². The summed E-state index contributed by atoms with van der Waals surface area (Å²) >= 11 is 0. The molecule has 0 spiro atoms. The van der Waals surface area contributed by atoms with Crippen LogP contribution in [-0.2, 0) is 0 Å². The fraction of sp³-hybridized carbons (Fsp3) is 0.345. The van der Waals surface area contributed by atoms with Crippen LogP contribution >= 0.6 is 0 Å². The molecule has 0 unspecified atom stereocenters. The van der Waals surface area contributed by atoms with E-state index in [1.807, 2.05) is 44.2 Å². The number of rotatable bonds is 7. The van der Waals surface area contributed by atoms with Crippen LogP contribution in [0.5, 0.6) is 11.6 Å². The Morgan fingerprint density at radius 3 is 2.58 bits per heavy atom. The maximum Gasteiger partial charge on any atom is 0.321 e. The molecule has 9 heteroatoms. The van der Waals surface area contributed by atoms with E-state index >= 15 is 0 Å². The Balaban J connectivity index is 1.59. The van der Waals surface area contributed by atoms with Crippen LogP contribution in [0.2, 0.25) is 0 Å². The van der Waals surface area contributed by atoms with Crippen LogP contribution in [0.15, 0.2) is 66.9 Å². The van der Waals surface area contributed by atoms with E-state index in [0.29, 0.717) is 23.5 Å². The molecule has 1 aromatic heterocycles. The molecule has 0 saturated heterocycles. The first-order valence-electron chi connectivity index (χ1n) is 12.6. The largest absolute Gasteiger partial charge is 0.497 e. The highest BCUT2D eigenvalue weighted by atomic mass is 16.5. The topological polar surface area (TPSA) is 104 Å². The lowest BCUT2D eigenvalue weighted by molar-refractivity contribution is 0.0356. The minimum Gasteiger partial charge on any atom is -0.497 e. The molecule has 0 aliphatic carbocycles. The number of methoxy groups -OCH3 is 1. The molecule has 3 aromatic rings. The fourth-order valence-electron chi connectivity index (χ4n) is 4.35. The summed E-state index contributed by atoms with van der Waals surface area (Å²) in [7, 11) is 3.28. The molecule has 2 N–H and O–H groups in total. The molecule has 2 aromatic carbocycles. The second-order valence-electron chi connectivity index (χ2n) is 9.60. The standard InChI is InChI=1S/C29H34N4O5/c1-19-16-33(20(2)18-34)28(35)25-14-22(21-8-6-5-7-9-21)15-30-27(25)38-26(19)17-32(3)29(36)31-23-10-12-24(37-4)13-11-23/h5-15,19-20,26,34H,16-18H2,1-4H3,(H,31,36)/t19-,20+,26-/m0/s1. The maximum absolute atomic E-state index is 13.6. The summed E-state index contributed by atoms with van der Waals surface area (Å²) < 4.78 is 11.5. The Labute approximate surface area is 223 Å². The SMILES string of the molecule is COc1ccc(NC(=O)N(C)C[C@@H]2Oc3ncc(-c4ccccc4)cc3C(=O)N([C@H](C)CO)C[C@@H]2C)cc1. The number of likely N-dealkylation sites (N-methyl/N-ethyl adjacent to an activating group) is 1. The van der Waals surface area contributed by atoms with Gasteiger partial charge in [0.05, 0.1) is 26.3 Å². The third kappa shape index (κ3) is 6.06. The average Bonchev–Trinajstić information content (AvgIpc) is 2.95. The van der Waals surface area contributed by atoms with Crippen molar-refractivity contribution in [3.8, 4) is 22.8 Å². The van der Waals surface area contributed by atoms with Gasteiger partial charge in [0.2, 0.25) is 5.88 Å². The highest BCUT2D eigenvalue weighted by Crippen LogP contribution is 2.30. The molecular weight excluding hydrogens is 484 g/mol. The second kappa shape index (κ2) is 12.0. The minimum atomic E-state index is -0.447. The number of fused-ring (bicyclic) bond motifs is 1. The number of aromatic nitrogens is 1. The molecule has 1 aliphatic heterocycles. The number of nitrogens with one attached hydrogen (secondary N) is 1. The van der Waals surface area contributed by atoms with Gasteiger partial charge in [0.25, 0.3) is 5.91 Å². The molecule has 1 aliphatic rings. The molecule has 9 nitrogen and oxygen atoms in total. The van der Waals surface area contributed by atoms with Gasteiger partial charge in [0, 0.05) is 37.0 Å². The Morgan fingerprint density at radius 1 is 1.21 bits per heavy atom. The maximum atomic E-state index is 13.6. The number of pyridine rings is 1. The summed E-state index contributed by atoms with van der Waals surface area (Å²) in [6, 6.07) is 17.9. The van der Waals surface area contributed by atoms with Crippen LogP contribution in [0.25, 0.3) is 11.1 Å². The highest BCUT2D eigenvalue weighted by Gasteiger charge is 2.34. The minimum absolute atomic E-state index is 0.145. The average molecular weight is 519 g/mol. The van der Waals surface area contributed by atoms with Crippen molar-refractivity contribution in [1.29, 1.82) is 0 Å². The molecule has 38 heavy (non-hydrogen) atoms. The number of hydrogen-bond acceptors (Lipinski definition) is 6. The smallest absolute Gasteiger partial charge is 0.321 e. The van der Waals surface area contributed by atoms with Crippen LogP contribution in [0.1, 0.15) is 24.2 Å². The van der Waals surface area contributed by atoms with Gasteiger partial charge in [-0.25, -0.2) is 9.78 Å². The zero-order valence-electron chi connectivity index (χ0n) is 22.1. The number of carbonyl (C=O) groups is 2. The number of anilines is 1. The molecule has 0 radical (unpaired) electrons. The summed E-state index contributed by atoms with van der Waals surface area (Å²) in [5.74, 6) is 0.520. The van der Waals surface area contributed by atoms with E-state index in [-0.39, 0.29) is 36.9 Å². The molecular formula is C29H34N4O5. The van der Waals surface area contributed by atoms with Crippen molar-refractivity contribution in [3.05, 3.63) is 72.4 Å². The van der Waals surface area contributed by atoms with Gasteiger partial charge in [-0.1, -0.05) is 37.3 Å². The van der Waals surface area contributed by atoms with Crippen molar-refractivity contribution in [1.82, 2.24) is 14.8 Å². The van der Waals surface area contributed by atoms with Gasteiger partial charge in [0.15, 0.2) is 0 Å². The summed E-state index contributed by atoms with van der Waals surface area (Å²) in [5, 5.41) is 12.8. The van der Waals surface area contributed by atoms with Gasteiger partial charge in [-0.2, -0.15) is 0 Å². The summed E-state index contributed by atoms with van der Waals surface area (Å²) in [5.41, 5.74) is 2.69. The molecule has 3 atom stereocenters. The van der Waals surface area contributed by atoms with Gasteiger partial charge in [-0.15, -0.1) is 0 Å². The number of urea groups is 1. The van der Waals surface area contributed by atoms with Crippen LogP contribution in [0, 0.1) is 5.92 Å². The zero-order chi connectivity index (χ0) is 27.2. The highest BCUT2D eigenvalue weighted by molar-refractivity contribution is 5.98. The molecule has 2 heterocycles. The first kappa shape index (κ1) is 26.9. The fourth-order valence-corrected chi connectivity index (χ4v) is 4.35. The van der Waals surface area contributed by atoms with E-state index in [0.717, 1.165) is 11.1 Å². The van der Waals surface area contributed by atoms with Crippen molar-refractivity contribution in [2.24, 2.45) is 5.92 Å². The van der Waals surface area contributed by atoms with Gasteiger partial charge in [-0.3, -0.25) is 4.79 Å². The van der Waals surface area contributed by atoms with Crippen LogP contribution in [-0.4, -0.2) is 77.8 Å². The number of ether oxygens (including phenoxy) is 2. The third-order valence-electron chi connectivity index (χ3n) is 6.77. The zero-order valence-corrected chi connectivity index (χ0v) is 22.1. The van der Waals surface area contributed by atoms with Gasteiger partial charge >= 0.3 is 6.03 Å². The lowest BCUT2D eigenvalue weighted by Crippen LogP contribution is -2.50. The number of aliphatic hydroxyl groups excluding tert-OH is 1. The van der Waals surface area contributed by atoms with Crippen molar-refractivity contribution in [2.75, 3.05) is 39.2 Å². The molecule has 0 bridgehead atoms. The van der Waals surface area contributed by atoms with Crippen molar-refractivity contribution in [2.45, 2.75) is 26.0 Å². The predicted octanol–water partition coefficient (Wildman–Crippen LogP) is 4.14. The van der Waals surface area contributed by atoms with Gasteiger partial charge < -0.3 is 29.7 Å². The van der Waals surface area contributed by atoms with Gasteiger partial charge in [-0.05, 0) is 42.8 Å². The van der Waals surface area contributed by atoms with Crippen molar-refractivity contribution in [3.63, 3.8) is 0 Å². The second-order valence-corrected chi connectivity index (χ2v) is 9.60. The summed E-state index contributed by atoms with van der Waals surface area (Å²) in [6.45, 7) is 4.22. The molecule has 200 valence electrons. The quantitative estimate of drug-likeness (QED) is 0.487. The molecule has 3 amide bonds. The van der Waals surface area contributed by atoms with E-state index < -0.39 is 12.1 Å². The predicted molar refractivity (Wildman–Crippen MR) is 145 cm³/mol. The lowest BCUT2D eigenvalue weighted by Gasteiger charge is -2.37. The molecule has 0 fully saturated rings. The number of aliphatic hydroxyl groups is 1. The third-order valence-corrected chi connectivity index (χ3v) is 6.77. The normalized spacial score (nSPS) is 17.9. The van der Waals surface area contributed by atoms with Crippen LogP contribution in [0.4, 0.5) is 10.5 Å². The Kier molecular flexibility index (Phi) is 8.48. The van der Waals surface area contributed by atoms with E-state index in [4.69, 9.17) is 9.47 Å². The van der Waals surface area contributed by atoms with Crippen molar-refractivity contribution < 1.29 is 24.2 Å². The number of amides is 3.